The number of aliphatic hydroxyl groups excluding tert-OH is 1. The zero-order valence-corrected chi connectivity index (χ0v) is 14.9. The van der Waals surface area contributed by atoms with Crippen molar-refractivity contribution in [2.24, 2.45) is 0 Å². The van der Waals surface area contributed by atoms with E-state index in [9.17, 15) is 5.11 Å². The second-order valence-corrected chi connectivity index (χ2v) is 7.22. The predicted molar refractivity (Wildman–Crippen MR) is 99.2 cm³/mol. The van der Waals surface area contributed by atoms with Gasteiger partial charge in [-0.05, 0) is 50.3 Å². The molecule has 0 spiro atoms. The average Bonchev–Trinajstić information content (AvgIpc) is 2.96. The fourth-order valence-corrected chi connectivity index (χ4v) is 3.34. The molecule has 2 N–H and O–H groups in total. The van der Waals surface area contributed by atoms with Crippen LogP contribution >= 0.6 is 11.6 Å². The largest absolute Gasteiger partial charge is 0.393 e. The van der Waals surface area contributed by atoms with Gasteiger partial charge in [0, 0.05) is 28.9 Å². The van der Waals surface area contributed by atoms with Gasteiger partial charge in [-0.3, -0.25) is 0 Å². The van der Waals surface area contributed by atoms with Crippen LogP contribution in [0.15, 0.2) is 36.4 Å². The summed E-state index contributed by atoms with van der Waals surface area (Å²) in [6.45, 7) is 1.99. The molecular weight excluding hydrogens is 336 g/mol. The number of nitrogens with one attached hydrogen (secondary N) is 1. The maximum absolute atomic E-state index is 9.48. The summed E-state index contributed by atoms with van der Waals surface area (Å²) in [5, 5.41) is 18.4. The first kappa shape index (κ1) is 16.4. The maximum Gasteiger partial charge on any atom is 0.157 e. The minimum atomic E-state index is -0.177. The van der Waals surface area contributed by atoms with Crippen molar-refractivity contribution in [2.45, 2.75) is 44.8 Å². The molecule has 1 aromatic carbocycles. The molecule has 2 heterocycles. The fourth-order valence-electron chi connectivity index (χ4n) is 3.21. The summed E-state index contributed by atoms with van der Waals surface area (Å²) >= 11 is 5.94. The Balaban J connectivity index is 1.53. The fraction of sp³-hybridized carbons (Fsp3) is 0.368. The van der Waals surface area contributed by atoms with Crippen LogP contribution in [-0.2, 0) is 12.8 Å². The van der Waals surface area contributed by atoms with Crippen molar-refractivity contribution in [2.75, 3.05) is 5.32 Å². The third-order valence-corrected chi connectivity index (χ3v) is 4.91. The number of fused-ring (bicyclic) bond motifs is 1. The van der Waals surface area contributed by atoms with E-state index in [-0.39, 0.29) is 6.10 Å². The highest BCUT2D eigenvalue weighted by atomic mass is 35.5. The van der Waals surface area contributed by atoms with E-state index in [0.717, 1.165) is 53.6 Å². The highest BCUT2D eigenvalue weighted by Gasteiger charge is 2.27. The molecule has 1 aliphatic carbocycles. The Bertz CT molecular complexity index is 884. The standard InChI is InChI=1S/C19H21ClN4O/c1-12-8-18(22-16-9-17(25)10-16)24-19(21-12)11-15(23-24)7-4-13-2-5-14(20)6-3-13/h2-3,5-6,8,11,16-17,22,25H,4,7,9-10H2,1H3. The molecule has 4 rings (SSSR count). The quantitative estimate of drug-likeness (QED) is 0.735. The topological polar surface area (TPSA) is 62.5 Å². The van der Waals surface area contributed by atoms with Crippen LogP contribution in [0.4, 0.5) is 5.82 Å². The summed E-state index contributed by atoms with van der Waals surface area (Å²) in [6.07, 6.45) is 3.16. The molecule has 1 aliphatic rings. The minimum absolute atomic E-state index is 0.177. The van der Waals surface area contributed by atoms with Crippen molar-refractivity contribution in [3.8, 4) is 0 Å². The van der Waals surface area contributed by atoms with E-state index in [4.69, 9.17) is 16.7 Å². The monoisotopic (exact) mass is 356 g/mol. The first-order chi connectivity index (χ1) is 12.1. The first-order valence-electron chi connectivity index (χ1n) is 8.62. The molecule has 130 valence electrons. The number of rotatable bonds is 5. The van der Waals surface area contributed by atoms with E-state index in [2.05, 4.69) is 22.4 Å². The van der Waals surface area contributed by atoms with E-state index in [0.29, 0.717) is 6.04 Å². The first-order valence-corrected chi connectivity index (χ1v) is 9.00. The summed E-state index contributed by atoms with van der Waals surface area (Å²) in [6, 6.07) is 12.3. The van der Waals surface area contributed by atoms with Crippen LogP contribution in [0.2, 0.25) is 5.02 Å². The van der Waals surface area contributed by atoms with E-state index in [1.54, 1.807) is 0 Å². The molecule has 6 heteroatoms. The summed E-state index contributed by atoms with van der Waals surface area (Å²) < 4.78 is 1.87. The molecule has 1 fully saturated rings. The summed E-state index contributed by atoms with van der Waals surface area (Å²) in [5.41, 5.74) is 4.07. The van der Waals surface area contributed by atoms with Crippen molar-refractivity contribution in [1.82, 2.24) is 14.6 Å². The van der Waals surface area contributed by atoms with Crippen LogP contribution in [0.3, 0.4) is 0 Å². The lowest BCUT2D eigenvalue weighted by Crippen LogP contribution is -2.39. The number of aryl methyl sites for hydroxylation is 3. The highest BCUT2D eigenvalue weighted by molar-refractivity contribution is 6.30. The maximum atomic E-state index is 9.48. The van der Waals surface area contributed by atoms with Gasteiger partial charge in [0.15, 0.2) is 5.65 Å². The van der Waals surface area contributed by atoms with Gasteiger partial charge in [0.1, 0.15) is 5.82 Å². The molecule has 1 saturated carbocycles. The SMILES string of the molecule is Cc1cc(NC2CC(O)C2)n2nc(CCc3ccc(Cl)cc3)cc2n1. The molecule has 0 bridgehead atoms. The molecule has 0 saturated heterocycles. The lowest BCUT2D eigenvalue weighted by Gasteiger charge is -2.32. The molecule has 0 amide bonds. The number of hydrogen-bond donors (Lipinski definition) is 2. The molecular formula is C19H21ClN4O. The lowest BCUT2D eigenvalue weighted by molar-refractivity contribution is 0.0834. The van der Waals surface area contributed by atoms with Crippen LogP contribution < -0.4 is 5.32 Å². The van der Waals surface area contributed by atoms with Gasteiger partial charge in [0.25, 0.3) is 0 Å². The van der Waals surface area contributed by atoms with Crippen molar-refractivity contribution < 1.29 is 5.11 Å². The Morgan fingerprint density at radius 1 is 1.20 bits per heavy atom. The zero-order chi connectivity index (χ0) is 17.4. The van der Waals surface area contributed by atoms with Crippen molar-refractivity contribution in [3.63, 3.8) is 0 Å². The van der Waals surface area contributed by atoms with Crippen molar-refractivity contribution in [3.05, 3.63) is 58.4 Å². The molecule has 0 unspecified atom stereocenters. The summed E-state index contributed by atoms with van der Waals surface area (Å²) in [4.78, 5) is 4.58. The highest BCUT2D eigenvalue weighted by Crippen LogP contribution is 2.25. The average molecular weight is 357 g/mol. The van der Waals surface area contributed by atoms with Gasteiger partial charge in [-0.2, -0.15) is 9.61 Å². The van der Waals surface area contributed by atoms with Gasteiger partial charge in [-0.15, -0.1) is 0 Å². The second-order valence-electron chi connectivity index (χ2n) is 6.78. The summed E-state index contributed by atoms with van der Waals surface area (Å²) in [7, 11) is 0. The number of benzene rings is 1. The predicted octanol–water partition coefficient (Wildman–Crippen LogP) is 3.41. The molecule has 5 nitrogen and oxygen atoms in total. The molecule has 0 radical (unpaired) electrons. The number of aliphatic hydroxyl groups is 1. The molecule has 2 aromatic heterocycles. The number of anilines is 1. The Hall–Kier alpha value is -2.11. The molecule has 3 aromatic rings. The minimum Gasteiger partial charge on any atom is -0.393 e. The van der Waals surface area contributed by atoms with Crippen LogP contribution in [0.1, 0.15) is 29.8 Å². The third-order valence-electron chi connectivity index (χ3n) is 4.65. The number of nitrogens with zero attached hydrogens (tertiary/aromatic N) is 3. The molecule has 0 aliphatic heterocycles. The van der Waals surface area contributed by atoms with Crippen LogP contribution in [0.25, 0.3) is 5.65 Å². The van der Waals surface area contributed by atoms with Crippen LogP contribution in [0, 0.1) is 6.92 Å². The van der Waals surface area contributed by atoms with E-state index in [1.807, 2.05) is 35.7 Å². The van der Waals surface area contributed by atoms with Crippen molar-refractivity contribution in [1.29, 1.82) is 0 Å². The Labute approximate surface area is 151 Å². The number of halogens is 1. The Morgan fingerprint density at radius 3 is 2.68 bits per heavy atom. The third kappa shape index (κ3) is 3.62. The molecule has 25 heavy (non-hydrogen) atoms. The van der Waals surface area contributed by atoms with Gasteiger partial charge < -0.3 is 10.4 Å². The van der Waals surface area contributed by atoms with Crippen molar-refractivity contribution >= 4 is 23.1 Å². The van der Waals surface area contributed by atoms with Crippen LogP contribution in [0.5, 0.6) is 0 Å². The second kappa shape index (κ2) is 6.65. The normalized spacial score (nSPS) is 19.8. The van der Waals surface area contributed by atoms with E-state index >= 15 is 0 Å². The number of aromatic nitrogens is 3. The van der Waals surface area contributed by atoms with Gasteiger partial charge in [0.05, 0.1) is 11.8 Å². The summed E-state index contributed by atoms with van der Waals surface area (Å²) in [5.74, 6) is 0.942. The Morgan fingerprint density at radius 2 is 1.96 bits per heavy atom. The lowest BCUT2D eigenvalue weighted by atomic mass is 9.89. The zero-order valence-electron chi connectivity index (χ0n) is 14.1. The van der Waals surface area contributed by atoms with Gasteiger partial charge in [-0.25, -0.2) is 4.98 Å². The number of hydrogen-bond acceptors (Lipinski definition) is 4. The molecule has 0 atom stereocenters. The van der Waals surface area contributed by atoms with Crippen LogP contribution in [-0.4, -0.2) is 31.9 Å². The van der Waals surface area contributed by atoms with E-state index < -0.39 is 0 Å². The van der Waals surface area contributed by atoms with Gasteiger partial charge >= 0.3 is 0 Å². The smallest absolute Gasteiger partial charge is 0.157 e. The van der Waals surface area contributed by atoms with Gasteiger partial charge in [0.2, 0.25) is 0 Å². The Kier molecular flexibility index (Phi) is 4.36. The van der Waals surface area contributed by atoms with Gasteiger partial charge in [-0.1, -0.05) is 23.7 Å². The van der Waals surface area contributed by atoms with E-state index in [1.165, 1.54) is 5.56 Å².